The number of benzene rings is 1. The first-order chi connectivity index (χ1) is 7.54. The summed E-state index contributed by atoms with van der Waals surface area (Å²) in [5, 5.41) is 11.5. The van der Waals surface area contributed by atoms with Crippen molar-refractivity contribution in [2.24, 2.45) is 5.73 Å². The highest BCUT2D eigenvalue weighted by atomic mass is 35.5. The van der Waals surface area contributed by atoms with E-state index in [4.69, 9.17) is 22.4 Å². The zero-order chi connectivity index (χ0) is 12.1. The molecule has 0 heterocycles. The maximum Gasteiger partial charge on any atom is 0.337 e. The van der Waals surface area contributed by atoms with Crippen molar-refractivity contribution in [1.29, 1.82) is 0 Å². The fourth-order valence-electron chi connectivity index (χ4n) is 1.12. The zero-order valence-corrected chi connectivity index (χ0v) is 9.12. The van der Waals surface area contributed by atoms with Gasteiger partial charge in [-0.15, -0.1) is 0 Å². The molecule has 1 amide bonds. The van der Waals surface area contributed by atoms with Crippen molar-refractivity contribution < 1.29 is 14.7 Å². The van der Waals surface area contributed by atoms with E-state index < -0.39 is 5.97 Å². The monoisotopic (exact) mass is 242 g/mol. The highest BCUT2D eigenvalue weighted by molar-refractivity contribution is 6.33. The molecule has 0 fully saturated rings. The first kappa shape index (κ1) is 12.5. The molecule has 6 heteroatoms. The summed E-state index contributed by atoms with van der Waals surface area (Å²) < 4.78 is 0. The first-order valence-electron chi connectivity index (χ1n) is 4.57. The quantitative estimate of drug-likeness (QED) is 0.743. The van der Waals surface area contributed by atoms with Crippen molar-refractivity contribution in [3.63, 3.8) is 0 Å². The molecule has 0 aliphatic heterocycles. The number of carbonyl (C=O) groups is 2. The second-order valence-corrected chi connectivity index (χ2v) is 3.49. The number of nitrogens with two attached hydrogens (primary N) is 1. The molecule has 0 aliphatic rings. The molecule has 0 unspecified atom stereocenters. The molecule has 0 radical (unpaired) electrons. The topological polar surface area (TPSA) is 92.4 Å². The lowest BCUT2D eigenvalue weighted by Gasteiger charge is -2.06. The average Bonchev–Trinajstić information content (AvgIpc) is 2.21. The maximum absolute atomic E-state index is 11.2. The minimum absolute atomic E-state index is 0.0489. The summed E-state index contributed by atoms with van der Waals surface area (Å²) in [5.41, 5.74) is 5.55. The van der Waals surface area contributed by atoms with Crippen LogP contribution in [0.4, 0.5) is 5.69 Å². The van der Waals surface area contributed by atoms with Gasteiger partial charge in [0, 0.05) is 18.7 Å². The number of rotatable bonds is 4. The number of aromatic carboxylic acids is 1. The molecule has 0 saturated heterocycles. The van der Waals surface area contributed by atoms with Crippen molar-refractivity contribution in [3.8, 4) is 0 Å². The number of anilines is 1. The van der Waals surface area contributed by atoms with Crippen LogP contribution in [0.5, 0.6) is 0 Å². The van der Waals surface area contributed by atoms with Gasteiger partial charge in [0.2, 0.25) is 5.91 Å². The third-order valence-electron chi connectivity index (χ3n) is 1.85. The predicted octanol–water partition coefficient (Wildman–Crippen LogP) is 1.33. The van der Waals surface area contributed by atoms with Crippen molar-refractivity contribution in [2.75, 3.05) is 11.9 Å². The first-order valence-corrected chi connectivity index (χ1v) is 4.95. The minimum Gasteiger partial charge on any atom is -0.478 e. The van der Waals surface area contributed by atoms with E-state index in [2.05, 4.69) is 5.32 Å². The fourth-order valence-corrected chi connectivity index (χ4v) is 1.32. The summed E-state index contributed by atoms with van der Waals surface area (Å²) >= 11 is 5.68. The van der Waals surface area contributed by atoms with E-state index in [9.17, 15) is 9.59 Å². The van der Waals surface area contributed by atoms with Crippen LogP contribution in [0.1, 0.15) is 16.8 Å². The van der Waals surface area contributed by atoms with Crippen LogP contribution in [0.2, 0.25) is 5.02 Å². The number of halogens is 1. The lowest BCUT2D eigenvalue weighted by Crippen LogP contribution is -2.16. The number of nitrogens with one attached hydrogen (secondary N) is 1. The maximum atomic E-state index is 11.2. The smallest absolute Gasteiger partial charge is 0.337 e. The summed E-state index contributed by atoms with van der Waals surface area (Å²) in [6.07, 6.45) is 0.186. The Bertz CT molecular complexity index is 421. The van der Waals surface area contributed by atoms with Crippen LogP contribution in [0.25, 0.3) is 0 Å². The zero-order valence-electron chi connectivity index (χ0n) is 8.37. The van der Waals surface area contributed by atoms with E-state index in [-0.39, 0.29) is 29.5 Å². The second-order valence-electron chi connectivity index (χ2n) is 3.09. The molecular formula is C10H11ClN2O3. The summed E-state index contributed by atoms with van der Waals surface area (Å²) in [6, 6.07) is 4.26. The summed E-state index contributed by atoms with van der Waals surface area (Å²) in [7, 11) is 0. The Hall–Kier alpha value is -1.59. The molecule has 5 nitrogen and oxygen atoms in total. The SMILES string of the molecule is NCCC(=O)Nc1ccc(Cl)c(C(=O)O)c1. The lowest BCUT2D eigenvalue weighted by atomic mass is 10.2. The van der Waals surface area contributed by atoms with Gasteiger partial charge in [-0.3, -0.25) is 4.79 Å². The fraction of sp³-hybridized carbons (Fsp3) is 0.200. The van der Waals surface area contributed by atoms with Crippen LogP contribution in [0.15, 0.2) is 18.2 Å². The molecule has 0 aliphatic carbocycles. The minimum atomic E-state index is -1.14. The lowest BCUT2D eigenvalue weighted by molar-refractivity contribution is -0.116. The van der Waals surface area contributed by atoms with E-state index in [1.165, 1.54) is 18.2 Å². The van der Waals surface area contributed by atoms with Gasteiger partial charge < -0.3 is 16.2 Å². The molecule has 0 bridgehead atoms. The van der Waals surface area contributed by atoms with Gasteiger partial charge in [0.15, 0.2) is 0 Å². The van der Waals surface area contributed by atoms with Gasteiger partial charge in [0.05, 0.1) is 10.6 Å². The number of carbonyl (C=O) groups excluding carboxylic acids is 1. The van der Waals surface area contributed by atoms with Gasteiger partial charge in [0.1, 0.15) is 0 Å². The highest BCUT2D eigenvalue weighted by Crippen LogP contribution is 2.20. The van der Waals surface area contributed by atoms with Crippen LogP contribution in [-0.2, 0) is 4.79 Å². The number of amides is 1. The summed E-state index contributed by atoms with van der Waals surface area (Å²) in [5.74, 6) is -1.40. The van der Waals surface area contributed by atoms with E-state index in [1.54, 1.807) is 0 Å². The van der Waals surface area contributed by atoms with Gasteiger partial charge >= 0.3 is 5.97 Å². The van der Waals surface area contributed by atoms with Crippen molar-refractivity contribution in [2.45, 2.75) is 6.42 Å². The Labute approximate surface area is 97.2 Å². The van der Waals surface area contributed by atoms with Crippen LogP contribution in [0, 0.1) is 0 Å². The molecule has 0 aromatic heterocycles. The van der Waals surface area contributed by atoms with E-state index in [0.717, 1.165) is 0 Å². The third kappa shape index (κ3) is 3.22. The number of hydrogen-bond acceptors (Lipinski definition) is 3. The summed E-state index contributed by atoms with van der Waals surface area (Å²) in [4.78, 5) is 22.0. The Morgan fingerprint density at radius 2 is 2.12 bits per heavy atom. The average molecular weight is 243 g/mol. The molecule has 1 aromatic carbocycles. The van der Waals surface area contributed by atoms with Crippen LogP contribution in [0.3, 0.4) is 0 Å². The van der Waals surface area contributed by atoms with Crippen molar-refractivity contribution >= 4 is 29.2 Å². The van der Waals surface area contributed by atoms with Gasteiger partial charge in [-0.05, 0) is 18.2 Å². The normalized spacial score (nSPS) is 9.88. The van der Waals surface area contributed by atoms with Gasteiger partial charge in [-0.2, -0.15) is 0 Å². The Morgan fingerprint density at radius 3 is 2.69 bits per heavy atom. The molecule has 86 valence electrons. The molecule has 0 atom stereocenters. The summed E-state index contributed by atoms with van der Waals surface area (Å²) in [6.45, 7) is 0.241. The molecule has 0 saturated carbocycles. The van der Waals surface area contributed by atoms with E-state index in [0.29, 0.717) is 5.69 Å². The molecule has 16 heavy (non-hydrogen) atoms. The number of carboxylic acid groups (broad SMARTS) is 1. The number of hydrogen-bond donors (Lipinski definition) is 3. The molecule has 0 spiro atoms. The highest BCUT2D eigenvalue weighted by Gasteiger charge is 2.10. The number of carboxylic acids is 1. The Morgan fingerprint density at radius 1 is 1.44 bits per heavy atom. The van der Waals surface area contributed by atoms with Crippen molar-refractivity contribution in [3.05, 3.63) is 28.8 Å². The third-order valence-corrected chi connectivity index (χ3v) is 2.18. The van der Waals surface area contributed by atoms with Crippen LogP contribution < -0.4 is 11.1 Å². The predicted molar refractivity (Wildman–Crippen MR) is 60.7 cm³/mol. The van der Waals surface area contributed by atoms with Crippen LogP contribution in [-0.4, -0.2) is 23.5 Å². The van der Waals surface area contributed by atoms with E-state index in [1.807, 2.05) is 0 Å². The molecule has 4 N–H and O–H groups in total. The van der Waals surface area contributed by atoms with Gasteiger partial charge in [-0.25, -0.2) is 4.79 Å². The van der Waals surface area contributed by atoms with Crippen molar-refractivity contribution in [1.82, 2.24) is 0 Å². The Balaban J connectivity index is 2.87. The largest absolute Gasteiger partial charge is 0.478 e. The molecule has 1 rings (SSSR count). The van der Waals surface area contributed by atoms with Gasteiger partial charge in [0.25, 0.3) is 0 Å². The van der Waals surface area contributed by atoms with Crippen LogP contribution >= 0.6 is 11.6 Å². The Kier molecular flexibility index (Phi) is 4.28. The molecular weight excluding hydrogens is 232 g/mol. The molecule has 1 aromatic rings. The standard InChI is InChI=1S/C10H11ClN2O3/c11-8-2-1-6(5-7(8)10(15)16)13-9(14)3-4-12/h1-2,5H,3-4,12H2,(H,13,14)(H,15,16). The van der Waals surface area contributed by atoms with Gasteiger partial charge in [-0.1, -0.05) is 11.6 Å². The second kappa shape index (κ2) is 5.48. The van der Waals surface area contributed by atoms with E-state index >= 15 is 0 Å².